The molecule has 1 aliphatic rings. The lowest BCUT2D eigenvalue weighted by atomic mass is 10.0. The molecule has 0 aliphatic carbocycles. The number of hydrogen-bond acceptors (Lipinski definition) is 4. The number of para-hydroxylation sites is 1. The second kappa shape index (κ2) is 6.72. The van der Waals surface area contributed by atoms with Gasteiger partial charge in [0.1, 0.15) is 5.75 Å². The third kappa shape index (κ3) is 3.49. The van der Waals surface area contributed by atoms with Gasteiger partial charge in [-0.2, -0.15) is 0 Å². The molecule has 110 valence electrons. The molecule has 5 heteroatoms. The van der Waals surface area contributed by atoms with E-state index in [1.54, 1.807) is 25.1 Å². The van der Waals surface area contributed by atoms with Crippen LogP contribution in [0.2, 0.25) is 0 Å². The Morgan fingerprint density at radius 3 is 2.80 bits per heavy atom. The molecule has 0 aromatic heterocycles. The van der Waals surface area contributed by atoms with Gasteiger partial charge in [0.25, 0.3) is 5.91 Å². The zero-order valence-corrected chi connectivity index (χ0v) is 11.9. The van der Waals surface area contributed by atoms with Crippen LogP contribution in [-0.4, -0.2) is 48.1 Å². The van der Waals surface area contributed by atoms with E-state index >= 15 is 0 Å². The van der Waals surface area contributed by atoms with Crippen LogP contribution in [0.1, 0.15) is 28.8 Å². The molecule has 1 fully saturated rings. The van der Waals surface area contributed by atoms with E-state index in [1.165, 1.54) is 0 Å². The topological polar surface area (TPSA) is 78.6 Å². The number of amides is 1. The Labute approximate surface area is 119 Å². The molecule has 1 aromatic carbocycles. The molecule has 0 spiro atoms. The summed E-state index contributed by atoms with van der Waals surface area (Å²) >= 11 is 0. The SMILES string of the molecule is Cc1cccc(C(=O)NC2CCN(CCN)CC2)c1O. The minimum atomic E-state index is -0.191. The fourth-order valence-corrected chi connectivity index (χ4v) is 2.59. The lowest BCUT2D eigenvalue weighted by molar-refractivity contribution is 0.0909. The molecule has 4 N–H and O–H groups in total. The first-order valence-electron chi connectivity index (χ1n) is 7.13. The van der Waals surface area contributed by atoms with Crippen LogP contribution in [0.15, 0.2) is 18.2 Å². The minimum Gasteiger partial charge on any atom is -0.507 e. The Hall–Kier alpha value is -1.59. The molecule has 1 saturated heterocycles. The van der Waals surface area contributed by atoms with Gasteiger partial charge in [0.05, 0.1) is 5.56 Å². The lowest BCUT2D eigenvalue weighted by Gasteiger charge is -2.32. The van der Waals surface area contributed by atoms with Crippen molar-refractivity contribution in [2.24, 2.45) is 5.73 Å². The Morgan fingerprint density at radius 2 is 2.15 bits per heavy atom. The summed E-state index contributed by atoms with van der Waals surface area (Å²) in [6.45, 7) is 5.30. The maximum absolute atomic E-state index is 12.2. The predicted octanol–water partition coefficient (Wildman–Crippen LogP) is 0.854. The monoisotopic (exact) mass is 277 g/mol. The number of rotatable bonds is 4. The van der Waals surface area contributed by atoms with Gasteiger partial charge in [-0.3, -0.25) is 4.79 Å². The molecule has 2 rings (SSSR count). The number of aromatic hydroxyl groups is 1. The molecular formula is C15H23N3O2. The van der Waals surface area contributed by atoms with Crippen LogP contribution in [-0.2, 0) is 0 Å². The van der Waals surface area contributed by atoms with Crippen LogP contribution in [0.3, 0.4) is 0 Å². The van der Waals surface area contributed by atoms with E-state index in [2.05, 4.69) is 10.2 Å². The van der Waals surface area contributed by atoms with Crippen molar-refractivity contribution in [1.29, 1.82) is 0 Å². The van der Waals surface area contributed by atoms with Gasteiger partial charge in [0.15, 0.2) is 0 Å². The van der Waals surface area contributed by atoms with Crippen molar-refractivity contribution in [2.75, 3.05) is 26.2 Å². The Bertz CT molecular complexity index is 468. The average molecular weight is 277 g/mol. The van der Waals surface area contributed by atoms with Crippen LogP contribution >= 0.6 is 0 Å². The first-order valence-corrected chi connectivity index (χ1v) is 7.13. The van der Waals surface area contributed by atoms with Crippen molar-refractivity contribution in [3.63, 3.8) is 0 Å². The number of carbonyl (C=O) groups is 1. The van der Waals surface area contributed by atoms with Crippen LogP contribution in [0, 0.1) is 6.92 Å². The highest BCUT2D eigenvalue weighted by Crippen LogP contribution is 2.21. The number of nitrogens with zero attached hydrogens (tertiary/aromatic N) is 1. The number of hydrogen-bond donors (Lipinski definition) is 3. The van der Waals surface area contributed by atoms with Crippen LogP contribution in [0.4, 0.5) is 0 Å². The molecule has 1 aliphatic heterocycles. The second-order valence-corrected chi connectivity index (χ2v) is 5.35. The van der Waals surface area contributed by atoms with Gasteiger partial charge in [-0.05, 0) is 31.4 Å². The average Bonchev–Trinajstić information content (AvgIpc) is 2.44. The Balaban J connectivity index is 1.91. The van der Waals surface area contributed by atoms with E-state index in [-0.39, 0.29) is 17.7 Å². The van der Waals surface area contributed by atoms with Gasteiger partial charge in [-0.25, -0.2) is 0 Å². The summed E-state index contributed by atoms with van der Waals surface area (Å²) in [5, 5.41) is 12.9. The van der Waals surface area contributed by atoms with Crippen molar-refractivity contribution in [3.05, 3.63) is 29.3 Å². The number of phenolic OH excluding ortho intramolecular Hbond substituents is 1. The van der Waals surface area contributed by atoms with Crippen molar-refractivity contribution >= 4 is 5.91 Å². The number of piperidine rings is 1. The van der Waals surface area contributed by atoms with Crippen LogP contribution in [0.5, 0.6) is 5.75 Å². The van der Waals surface area contributed by atoms with Crippen molar-refractivity contribution in [3.8, 4) is 5.75 Å². The summed E-state index contributed by atoms with van der Waals surface area (Å²) in [7, 11) is 0. The fourth-order valence-electron chi connectivity index (χ4n) is 2.59. The normalized spacial score (nSPS) is 17.1. The molecule has 0 radical (unpaired) electrons. The van der Waals surface area contributed by atoms with Gasteiger partial charge in [0.2, 0.25) is 0 Å². The first-order chi connectivity index (χ1) is 9.61. The Kier molecular flexibility index (Phi) is 4.98. The number of phenols is 1. The fraction of sp³-hybridized carbons (Fsp3) is 0.533. The molecule has 20 heavy (non-hydrogen) atoms. The van der Waals surface area contributed by atoms with Crippen molar-refractivity contribution in [1.82, 2.24) is 10.2 Å². The molecule has 0 saturated carbocycles. The molecule has 0 atom stereocenters. The summed E-state index contributed by atoms with van der Waals surface area (Å²) in [5.74, 6) is -0.117. The predicted molar refractivity (Wildman–Crippen MR) is 78.8 cm³/mol. The lowest BCUT2D eigenvalue weighted by Crippen LogP contribution is -2.45. The third-order valence-corrected chi connectivity index (χ3v) is 3.85. The Morgan fingerprint density at radius 1 is 1.45 bits per heavy atom. The van der Waals surface area contributed by atoms with Gasteiger partial charge in [-0.15, -0.1) is 0 Å². The van der Waals surface area contributed by atoms with Gasteiger partial charge in [0, 0.05) is 32.2 Å². The first kappa shape index (κ1) is 14.8. The summed E-state index contributed by atoms with van der Waals surface area (Å²) in [6, 6.07) is 5.41. The number of nitrogens with two attached hydrogens (primary N) is 1. The van der Waals surface area contributed by atoms with E-state index < -0.39 is 0 Å². The van der Waals surface area contributed by atoms with Gasteiger partial charge >= 0.3 is 0 Å². The molecule has 1 heterocycles. The van der Waals surface area contributed by atoms with Crippen LogP contribution in [0.25, 0.3) is 0 Å². The van der Waals surface area contributed by atoms with Crippen molar-refractivity contribution < 1.29 is 9.90 Å². The maximum atomic E-state index is 12.2. The molecule has 5 nitrogen and oxygen atoms in total. The van der Waals surface area contributed by atoms with Crippen LogP contribution < -0.4 is 11.1 Å². The molecule has 1 amide bonds. The summed E-state index contributed by atoms with van der Waals surface area (Å²) < 4.78 is 0. The van der Waals surface area contributed by atoms with Gasteiger partial charge in [-0.1, -0.05) is 12.1 Å². The van der Waals surface area contributed by atoms with E-state index in [9.17, 15) is 9.90 Å². The number of likely N-dealkylation sites (tertiary alicyclic amines) is 1. The molecule has 0 bridgehead atoms. The second-order valence-electron chi connectivity index (χ2n) is 5.35. The number of nitrogens with one attached hydrogen (secondary N) is 1. The highest BCUT2D eigenvalue weighted by atomic mass is 16.3. The third-order valence-electron chi connectivity index (χ3n) is 3.85. The minimum absolute atomic E-state index is 0.0746. The summed E-state index contributed by atoms with van der Waals surface area (Å²) in [6.07, 6.45) is 1.86. The van der Waals surface area contributed by atoms with Gasteiger partial charge < -0.3 is 21.1 Å². The number of benzene rings is 1. The van der Waals surface area contributed by atoms with E-state index in [0.29, 0.717) is 12.1 Å². The molecular weight excluding hydrogens is 254 g/mol. The smallest absolute Gasteiger partial charge is 0.255 e. The quantitative estimate of drug-likeness (QED) is 0.762. The van der Waals surface area contributed by atoms with E-state index in [4.69, 9.17) is 5.73 Å². The largest absolute Gasteiger partial charge is 0.507 e. The molecule has 0 unspecified atom stereocenters. The standard InChI is InChI=1S/C15H23N3O2/c1-11-3-2-4-13(14(11)19)15(20)17-12-5-8-18(9-6-12)10-7-16/h2-4,12,19H,5-10,16H2,1H3,(H,17,20). The highest BCUT2D eigenvalue weighted by molar-refractivity contribution is 5.97. The maximum Gasteiger partial charge on any atom is 0.255 e. The van der Waals surface area contributed by atoms with Crippen molar-refractivity contribution in [2.45, 2.75) is 25.8 Å². The summed E-state index contributed by atoms with van der Waals surface area (Å²) in [5.41, 5.74) is 6.62. The number of carbonyl (C=O) groups excluding carboxylic acids is 1. The molecule has 1 aromatic rings. The van der Waals surface area contributed by atoms with E-state index in [0.717, 1.165) is 38.0 Å². The highest BCUT2D eigenvalue weighted by Gasteiger charge is 2.21. The summed E-state index contributed by atoms with van der Waals surface area (Å²) in [4.78, 5) is 14.5. The zero-order chi connectivity index (χ0) is 14.5. The zero-order valence-electron chi connectivity index (χ0n) is 11.9. The van der Waals surface area contributed by atoms with E-state index in [1.807, 2.05) is 0 Å². The number of aryl methyl sites for hydroxylation is 1.